The number of sulfonamides is 1. The van der Waals surface area contributed by atoms with Crippen molar-refractivity contribution in [3.63, 3.8) is 0 Å². The monoisotopic (exact) mass is 851 g/mol. The molecule has 0 spiro atoms. The molecule has 286 valence electrons. The van der Waals surface area contributed by atoms with Crippen molar-refractivity contribution < 1.29 is 45.4 Å². The number of aromatic nitrogens is 1. The van der Waals surface area contributed by atoms with E-state index in [-0.39, 0.29) is 45.8 Å². The maximum atomic E-state index is 15.3. The maximum Gasteiger partial charge on any atom is 0.335 e. The lowest BCUT2D eigenvalue weighted by atomic mass is 9.84. The number of benzene rings is 3. The summed E-state index contributed by atoms with van der Waals surface area (Å²) < 4.78 is 92.7. The van der Waals surface area contributed by atoms with Gasteiger partial charge in [-0.15, -0.1) is 0 Å². The molecule has 3 aromatic carbocycles. The minimum Gasteiger partial charge on any atom is -0.488 e. The van der Waals surface area contributed by atoms with E-state index in [1.165, 1.54) is 41.4 Å². The fraction of sp³-hybridized carbons (Fsp3) is 0.342. The Balaban J connectivity index is 1.50. The highest BCUT2D eigenvalue weighted by atomic mass is 79.9. The van der Waals surface area contributed by atoms with Crippen molar-refractivity contribution in [2.24, 2.45) is 0 Å². The minimum absolute atomic E-state index is 0.0530. The van der Waals surface area contributed by atoms with Gasteiger partial charge in [0.05, 0.1) is 34.9 Å². The van der Waals surface area contributed by atoms with Gasteiger partial charge in [0, 0.05) is 18.3 Å². The number of aromatic carboxylic acids is 1. The highest BCUT2D eigenvalue weighted by Gasteiger charge is 2.39. The van der Waals surface area contributed by atoms with Gasteiger partial charge in [-0.05, 0) is 93.9 Å². The summed E-state index contributed by atoms with van der Waals surface area (Å²) in [6.07, 6.45) is 4.43. The SMILES string of the molecule is CC(C)(C)c1cc(CN(C(=O)CN(Cc2cccnc2Cl)S(=O)(=O)c2c(F)c(F)c(F)c(F)c2Br)c2ccc(C(=O)O)cc2OC2CC2)cc(C2CC2)c1. The molecule has 1 amide bonds. The van der Waals surface area contributed by atoms with Crippen LogP contribution >= 0.6 is 27.5 Å². The van der Waals surface area contributed by atoms with E-state index in [0.29, 0.717) is 28.6 Å². The van der Waals surface area contributed by atoms with Crippen molar-refractivity contribution in [3.05, 3.63) is 115 Å². The molecule has 0 radical (unpaired) electrons. The van der Waals surface area contributed by atoms with E-state index in [1.807, 2.05) is 32.9 Å². The smallest absolute Gasteiger partial charge is 0.335 e. The van der Waals surface area contributed by atoms with Gasteiger partial charge in [-0.25, -0.2) is 35.8 Å². The lowest BCUT2D eigenvalue weighted by molar-refractivity contribution is -0.119. The molecular formula is C38H35BrClF4N3O6S. The van der Waals surface area contributed by atoms with Crippen LogP contribution in [0, 0.1) is 23.3 Å². The van der Waals surface area contributed by atoms with Gasteiger partial charge in [0.25, 0.3) is 0 Å². The molecule has 0 bridgehead atoms. The molecule has 1 aromatic heterocycles. The van der Waals surface area contributed by atoms with Gasteiger partial charge < -0.3 is 14.7 Å². The third-order valence-corrected chi connectivity index (χ3v) is 12.3. The first-order valence-corrected chi connectivity index (χ1v) is 19.6. The molecule has 0 saturated heterocycles. The summed E-state index contributed by atoms with van der Waals surface area (Å²) in [4.78, 5) is 30.3. The van der Waals surface area contributed by atoms with Crippen LogP contribution in [0.15, 0.2) is 64.1 Å². The zero-order valence-corrected chi connectivity index (χ0v) is 32.5. The average molecular weight is 853 g/mol. The second-order valence-corrected chi connectivity index (χ2v) is 17.4. The molecule has 0 unspecified atom stereocenters. The first-order chi connectivity index (χ1) is 25.4. The number of anilines is 1. The molecule has 6 rings (SSSR count). The predicted octanol–water partition coefficient (Wildman–Crippen LogP) is 8.89. The first kappa shape index (κ1) is 39.6. The zero-order valence-electron chi connectivity index (χ0n) is 29.3. The predicted molar refractivity (Wildman–Crippen MR) is 196 cm³/mol. The van der Waals surface area contributed by atoms with Crippen LogP contribution in [0.25, 0.3) is 0 Å². The van der Waals surface area contributed by atoms with Gasteiger partial charge in [-0.1, -0.05) is 56.6 Å². The lowest BCUT2D eigenvalue weighted by Crippen LogP contribution is -2.43. The van der Waals surface area contributed by atoms with Crippen LogP contribution in [0.3, 0.4) is 0 Å². The number of rotatable bonds is 13. The number of pyridine rings is 1. The van der Waals surface area contributed by atoms with Crippen molar-refractivity contribution in [2.75, 3.05) is 11.4 Å². The third kappa shape index (κ3) is 8.43. The minimum atomic E-state index is -5.37. The molecule has 0 aliphatic heterocycles. The Kier molecular flexibility index (Phi) is 11.2. The number of carboxylic acids is 1. The first-order valence-electron chi connectivity index (χ1n) is 17.0. The molecule has 9 nitrogen and oxygen atoms in total. The van der Waals surface area contributed by atoms with Crippen molar-refractivity contribution in [1.82, 2.24) is 9.29 Å². The fourth-order valence-corrected chi connectivity index (χ4v) is 8.47. The van der Waals surface area contributed by atoms with E-state index < -0.39 is 67.6 Å². The van der Waals surface area contributed by atoms with Crippen LogP contribution in [0.1, 0.15) is 85.0 Å². The van der Waals surface area contributed by atoms with E-state index in [0.717, 1.165) is 24.0 Å². The normalized spacial score (nSPS) is 14.7. The van der Waals surface area contributed by atoms with Crippen molar-refractivity contribution in [2.45, 2.75) is 81.9 Å². The molecular weight excluding hydrogens is 818 g/mol. The van der Waals surface area contributed by atoms with E-state index in [1.54, 1.807) is 0 Å². The molecule has 2 aliphatic rings. The number of hydrogen-bond donors (Lipinski definition) is 1. The Labute approximate surface area is 323 Å². The van der Waals surface area contributed by atoms with Gasteiger partial charge in [0.2, 0.25) is 15.9 Å². The zero-order chi connectivity index (χ0) is 39.3. The Morgan fingerprint density at radius 3 is 2.26 bits per heavy atom. The van der Waals surface area contributed by atoms with Crippen molar-refractivity contribution in [3.8, 4) is 5.75 Å². The molecule has 0 atom stereocenters. The number of ether oxygens (including phenoxy) is 1. The van der Waals surface area contributed by atoms with Crippen LogP contribution in [-0.2, 0) is 33.3 Å². The molecule has 1 heterocycles. The Bertz CT molecular complexity index is 2240. The van der Waals surface area contributed by atoms with Gasteiger partial charge in [-0.3, -0.25) is 4.79 Å². The maximum absolute atomic E-state index is 15.3. The van der Waals surface area contributed by atoms with Gasteiger partial charge >= 0.3 is 5.97 Å². The summed E-state index contributed by atoms with van der Waals surface area (Å²) in [5, 5.41) is 9.60. The number of carbonyl (C=O) groups is 2. The quantitative estimate of drug-likeness (QED) is 0.0618. The van der Waals surface area contributed by atoms with Crippen LogP contribution in [0.5, 0.6) is 5.75 Å². The fourth-order valence-electron chi connectivity index (χ4n) is 5.84. The largest absolute Gasteiger partial charge is 0.488 e. The molecule has 4 aromatic rings. The van der Waals surface area contributed by atoms with E-state index in [2.05, 4.69) is 27.0 Å². The van der Waals surface area contributed by atoms with Crippen LogP contribution in [-0.4, -0.2) is 47.3 Å². The summed E-state index contributed by atoms with van der Waals surface area (Å²) in [7, 11) is -5.37. The summed E-state index contributed by atoms with van der Waals surface area (Å²) >= 11 is 8.84. The highest BCUT2D eigenvalue weighted by molar-refractivity contribution is 9.10. The molecule has 54 heavy (non-hydrogen) atoms. The Hall–Kier alpha value is -4.05. The van der Waals surface area contributed by atoms with Crippen LogP contribution in [0.4, 0.5) is 23.2 Å². The molecule has 2 saturated carbocycles. The number of hydrogen-bond acceptors (Lipinski definition) is 6. The molecule has 1 N–H and O–H groups in total. The molecule has 16 heteroatoms. The van der Waals surface area contributed by atoms with E-state index >= 15 is 4.39 Å². The second-order valence-electron chi connectivity index (χ2n) is 14.4. The topological polar surface area (TPSA) is 117 Å². The Morgan fingerprint density at radius 2 is 1.65 bits per heavy atom. The number of nitrogens with zero attached hydrogens (tertiary/aromatic N) is 3. The summed E-state index contributed by atoms with van der Waals surface area (Å²) in [6.45, 7) is 4.21. The Morgan fingerprint density at radius 1 is 0.963 bits per heavy atom. The summed E-state index contributed by atoms with van der Waals surface area (Å²) in [6, 6.07) is 12.8. The number of amides is 1. The van der Waals surface area contributed by atoms with Crippen LogP contribution in [0.2, 0.25) is 5.15 Å². The number of carbonyl (C=O) groups excluding carboxylic acids is 1. The van der Waals surface area contributed by atoms with Crippen molar-refractivity contribution >= 4 is 55.1 Å². The van der Waals surface area contributed by atoms with E-state index in [9.17, 15) is 36.3 Å². The lowest BCUT2D eigenvalue weighted by Gasteiger charge is -2.30. The van der Waals surface area contributed by atoms with Gasteiger partial charge in [0.15, 0.2) is 23.3 Å². The summed E-state index contributed by atoms with van der Waals surface area (Å²) in [5.74, 6) is -10.6. The van der Waals surface area contributed by atoms with Crippen molar-refractivity contribution in [1.29, 1.82) is 0 Å². The highest BCUT2D eigenvalue weighted by Crippen LogP contribution is 2.43. The van der Waals surface area contributed by atoms with Gasteiger partial charge in [-0.2, -0.15) is 4.31 Å². The second kappa shape index (κ2) is 15.2. The number of halogens is 6. The third-order valence-electron chi connectivity index (χ3n) is 9.15. The molecule has 2 aliphatic carbocycles. The van der Waals surface area contributed by atoms with Gasteiger partial charge in [0.1, 0.15) is 15.8 Å². The standard InChI is InChI=1S/C38H35BrClF4N3O6S/c1-38(2,3)25-14-20(13-24(15-25)21-6-7-21)17-47(27-11-8-22(37(49)50)16-28(27)53-26-9-10-26)29(48)19-46(18-23-5-4-12-45-36(23)40)54(51,52)35-30(39)31(41)32(42)33(43)34(35)44/h4-5,8,11-16,21,26H,6-7,9-10,17-19H2,1-3H3,(H,49,50). The average Bonchev–Trinajstić information content (AvgIpc) is 4.05. The summed E-state index contributed by atoms with van der Waals surface area (Å²) in [5.41, 5.74) is 2.49. The van der Waals surface area contributed by atoms with E-state index in [4.69, 9.17) is 16.3 Å². The number of carboxylic acid groups (broad SMARTS) is 1. The molecule has 2 fully saturated rings. The van der Waals surface area contributed by atoms with Crippen LogP contribution < -0.4 is 9.64 Å².